The molecule has 168 valence electrons. The number of hydrogen-bond acceptors (Lipinski definition) is 5. The monoisotopic (exact) mass is 454 g/mol. The number of carbonyl (C=O) groups excluding carboxylic acids is 1. The van der Waals surface area contributed by atoms with E-state index in [0.29, 0.717) is 22.9 Å². The molecule has 0 aliphatic carbocycles. The van der Waals surface area contributed by atoms with Crippen LogP contribution in [0.25, 0.3) is 0 Å². The Hall–Kier alpha value is -3.52. The first-order valence-corrected chi connectivity index (χ1v) is 11.9. The maximum absolute atomic E-state index is 12.3. The third-order valence-corrected chi connectivity index (χ3v) is 5.65. The molecule has 0 aliphatic rings. The largest absolute Gasteiger partial charge is 0.492 e. The molecule has 3 aromatic carbocycles. The fourth-order valence-corrected chi connectivity index (χ4v) is 3.74. The van der Waals surface area contributed by atoms with E-state index in [1.54, 1.807) is 24.3 Å². The van der Waals surface area contributed by atoms with Crippen LogP contribution in [0.3, 0.4) is 0 Å². The highest BCUT2D eigenvalue weighted by atomic mass is 32.2. The Kier molecular flexibility index (Phi) is 7.72. The fraction of sp³-hybridized carbons (Fsp3) is 0.208. The number of para-hydroxylation sites is 1. The van der Waals surface area contributed by atoms with Gasteiger partial charge in [0.2, 0.25) is 15.9 Å². The minimum atomic E-state index is -3.66. The first kappa shape index (κ1) is 23.1. The zero-order chi connectivity index (χ0) is 23.0. The lowest BCUT2D eigenvalue weighted by molar-refractivity contribution is -0.119. The van der Waals surface area contributed by atoms with Crippen LogP contribution in [-0.4, -0.2) is 40.3 Å². The van der Waals surface area contributed by atoms with Crippen molar-refractivity contribution in [2.45, 2.75) is 6.92 Å². The summed E-state index contributed by atoms with van der Waals surface area (Å²) < 4.78 is 36.9. The molecular weight excluding hydrogens is 428 g/mol. The average molecular weight is 455 g/mol. The number of hydrogen-bond donors (Lipinski definition) is 1. The Morgan fingerprint density at radius 2 is 1.47 bits per heavy atom. The van der Waals surface area contributed by atoms with Gasteiger partial charge >= 0.3 is 0 Å². The predicted molar refractivity (Wildman–Crippen MR) is 125 cm³/mol. The molecule has 32 heavy (non-hydrogen) atoms. The Balaban J connectivity index is 1.55. The van der Waals surface area contributed by atoms with Crippen molar-refractivity contribution in [1.29, 1.82) is 0 Å². The molecule has 7 nitrogen and oxygen atoms in total. The first-order valence-electron chi connectivity index (χ1n) is 10.1. The minimum Gasteiger partial charge on any atom is -0.492 e. The minimum absolute atomic E-state index is 0.258. The van der Waals surface area contributed by atoms with E-state index in [9.17, 15) is 13.2 Å². The van der Waals surface area contributed by atoms with Gasteiger partial charge in [0.25, 0.3) is 0 Å². The van der Waals surface area contributed by atoms with Crippen molar-refractivity contribution in [1.82, 2.24) is 5.32 Å². The third kappa shape index (κ3) is 7.02. The van der Waals surface area contributed by atoms with Gasteiger partial charge in [0.05, 0.1) is 18.5 Å². The van der Waals surface area contributed by atoms with E-state index in [1.807, 2.05) is 61.5 Å². The van der Waals surface area contributed by atoms with Gasteiger partial charge < -0.3 is 14.8 Å². The second-order valence-corrected chi connectivity index (χ2v) is 9.10. The summed E-state index contributed by atoms with van der Waals surface area (Å²) in [5.74, 6) is 1.52. The molecule has 0 aliphatic heterocycles. The van der Waals surface area contributed by atoms with Crippen molar-refractivity contribution in [3.8, 4) is 17.2 Å². The molecule has 0 saturated carbocycles. The van der Waals surface area contributed by atoms with Crippen LogP contribution in [0.4, 0.5) is 5.69 Å². The lowest BCUT2D eigenvalue weighted by Crippen LogP contribution is -2.41. The van der Waals surface area contributed by atoms with Gasteiger partial charge in [-0.1, -0.05) is 35.9 Å². The van der Waals surface area contributed by atoms with Crippen LogP contribution in [-0.2, 0) is 14.8 Å². The molecule has 0 spiro atoms. The number of ether oxygens (including phenoxy) is 2. The smallest absolute Gasteiger partial charge is 0.240 e. The van der Waals surface area contributed by atoms with E-state index in [-0.39, 0.29) is 19.7 Å². The molecule has 0 saturated heterocycles. The highest BCUT2D eigenvalue weighted by Gasteiger charge is 2.20. The number of carbonyl (C=O) groups is 1. The molecule has 0 bridgehead atoms. The van der Waals surface area contributed by atoms with Crippen LogP contribution >= 0.6 is 0 Å². The summed E-state index contributed by atoms with van der Waals surface area (Å²) in [6.45, 7) is 2.19. The number of anilines is 1. The zero-order valence-corrected chi connectivity index (χ0v) is 18.8. The van der Waals surface area contributed by atoms with Crippen LogP contribution in [0.15, 0.2) is 78.9 Å². The summed E-state index contributed by atoms with van der Waals surface area (Å²) in [6.07, 6.45) is 1.06. The molecule has 1 N–H and O–H groups in total. The van der Waals surface area contributed by atoms with E-state index in [0.717, 1.165) is 16.1 Å². The molecule has 0 heterocycles. The molecule has 0 atom stereocenters. The highest BCUT2D eigenvalue weighted by molar-refractivity contribution is 7.92. The van der Waals surface area contributed by atoms with Crippen LogP contribution in [0.2, 0.25) is 0 Å². The molecule has 0 fully saturated rings. The van der Waals surface area contributed by atoms with E-state index in [1.165, 1.54) is 0 Å². The first-order chi connectivity index (χ1) is 15.3. The van der Waals surface area contributed by atoms with Crippen LogP contribution < -0.4 is 19.1 Å². The molecule has 0 radical (unpaired) electrons. The number of amides is 1. The maximum Gasteiger partial charge on any atom is 0.240 e. The number of sulfonamides is 1. The quantitative estimate of drug-likeness (QED) is 0.472. The van der Waals surface area contributed by atoms with Crippen molar-refractivity contribution in [2.75, 3.05) is 30.3 Å². The van der Waals surface area contributed by atoms with Crippen LogP contribution in [0.5, 0.6) is 17.2 Å². The molecule has 3 aromatic rings. The van der Waals surface area contributed by atoms with E-state index >= 15 is 0 Å². The molecule has 0 unspecified atom stereocenters. The normalized spacial score (nSPS) is 10.9. The van der Waals surface area contributed by atoms with Gasteiger partial charge in [-0.05, 0) is 55.5 Å². The predicted octanol–water partition coefficient (Wildman–Crippen LogP) is 3.75. The second kappa shape index (κ2) is 10.7. The maximum atomic E-state index is 12.3. The summed E-state index contributed by atoms with van der Waals surface area (Å²) in [5, 5.41) is 2.69. The van der Waals surface area contributed by atoms with Crippen molar-refractivity contribution in [3.63, 3.8) is 0 Å². The van der Waals surface area contributed by atoms with Gasteiger partial charge in [-0.25, -0.2) is 8.42 Å². The van der Waals surface area contributed by atoms with Gasteiger partial charge in [-0.15, -0.1) is 0 Å². The van der Waals surface area contributed by atoms with Gasteiger partial charge in [0.15, 0.2) is 0 Å². The molecule has 0 aromatic heterocycles. The van der Waals surface area contributed by atoms with E-state index in [2.05, 4.69) is 5.32 Å². The van der Waals surface area contributed by atoms with Gasteiger partial charge in [-0.2, -0.15) is 0 Å². The number of aryl methyl sites for hydroxylation is 1. The Morgan fingerprint density at radius 3 is 2.09 bits per heavy atom. The topological polar surface area (TPSA) is 84.9 Å². The van der Waals surface area contributed by atoms with Crippen LogP contribution in [0, 0.1) is 6.92 Å². The van der Waals surface area contributed by atoms with Gasteiger partial charge in [0.1, 0.15) is 30.4 Å². The summed E-state index contributed by atoms with van der Waals surface area (Å²) in [6, 6.07) is 23.4. The second-order valence-electron chi connectivity index (χ2n) is 7.19. The number of nitrogens with one attached hydrogen (secondary N) is 1. The summed E-state index contributed by atoms with van der Waals surface area (Å²) >= 11 is 0. The summed E-state index contributed by atoms with van der Waals surface area (Å²) in [7, 11) is -3.66. The Morgan fingerprint density at radius 1 is 0.875 bits per heavy atom. The van der Waals surface area contributed by atoms with Crippen LogP contribution in [0.1, 0.15) is 5.56 Å². The number of rotatable bonds is 10. The van der Waals surface area contributed by atoms with Crippen molar-refractivity contribution in [3.05, 3.63) is 84.4 Å². The molecule has 1 amide bonds. The standard InChI is InChI=1S/C24H26N2O5S/c1-19-8-12-21(13-9-19)30-17-16-25-24(27)18-26(32(2,28)29)20-10-14-23(15-11-20)31-22-6-4-3-5-7-22/h3-15H,16-18H2,1-2H3,(H,25,27). The van der Waals surface area contributed by atoms with Crippen molar-refractivity contribution >= 4 is 21.6 Å². The highest BCUT2D eigenvalue weighted by Crippen LogP contribution is 2.25. The van der Waals surface area contributed by atoms with Crippen molar-refractivity contribution in [2.24, 2.45) is 0 Å². The van der Waals surface area contributed by atoms with E-state index < -0.39 is 15.9 Å². The van der Waals surface area contributed by atoms with Gasteiger partial charge in [-0.3, -0.25) is 9.10 Å². The zero-order valence-electron chi connectivity index (χ0n) is 18.0. The lowest BCUT2D eigenvalue weighted by Gasteiger charge is -2.22. The fourth-order valence-electron chi connectivity index (χ4n) is 2.89. The van der Waals surface area contributed by atoms with Crippen molar-refractivity contribution < 1.29 is 22.7 Å². The SMILES string of the molecule is Cc1ccc(OCCNC(=O)CN(c2ccc(Oc3ccccc3)cc2)S(C)(=O)=O)cc1. The molecular formula is C24H26N2O5S. The Bertz CT molecular complexity index is 1120. The average Bonchev–Trinajstić information content (AvgIpc) is 2.77. The summed E-state index contributed by atoms with van der Waals surface area (Å²) in [4.78, 5) is 12.3. The van der Waals surface area contributed by atoms with Gasteiger partial charge in [0, 0.05) is 0 Å². The number of nitrogens with zero attached hydrogens (tertiary/aromatic N) is 1. The third-order valence-electron chi connectivity index (χ3n) is 4.51. The Labute approximate surface area is 188 Å². The molecule has 3 rings (SSSR count). The number of benzene rings is 3. The van der Waals surface area contributed by atoms with E-state index in [4.69, 9.17) is 9.47 Å². The summed E-state index contributed by atoms with van der Waals surface area (Å²) in [5.41, 5.74) is 1.50. The lowest BCUT2D eigenvalue weighted by atomic mass is 10.2. The molecule has 8 heteroatoms.